The van der Waals surface area contributed by atoms with Gasteiger partial charge in [-0.1, -0.05) is 6.07 Å². The van der Waals surface area contributed by atoms with Gasteiger partial charge < -0.3 is 5.32 Å². The zero-order chi connectivity index (χ0) is 13.2. The molecule has 1 aromatic heterocycles. The van der Waals surface area contributed by atoms with Crippen molar-refractivity contribution >= 4 is 11.8 Å². The molecule has 2 N–H and O–H groups in total. The first-order valence-corrected chi connectivity index (χ1v) is 7.60. The van der Waals surface area contributed by atoms with E-state index < -0.39 is 0 Å². The number of hydrogen-bond acceptors (Lipinski definition) is 3. The molecule has 0 amide bonds. The van der Waals surface area contributed by atoms with E-state index in [9.17, 15) is 4.39 Å². The van der Waals surface area contributed by atoms with Gasteiger partial charge in [0, 0.05) is 28.6 Å². The van der Waals surface area contributed by atoms with E-state index >= 15 is 0 Å². The second-order valence-electron chi connectivity index (χ2n) is 4.77. The maximum absolute atomic E-state index is 13.8. The van der Waals surface area contributed by atoms with Crippen LogP contribution in [0.2, 0.25) is 0 Å². The second-order valence-corrected chi connectivity index (χ2v) is 5.62. The number of nitrogens with one attached hydrogen (secondary N) is 2. The van der Waals surface area contributed by atoms with E-state index in [1.54, 1.807) is 6.07 Å². The number of H-pyrrole nitrogens is 1. The molecular formula is C14H16FN3S. The highest BCUT2D eigenvalue weighted by Crippen LogP contribution is 2.27. The summed E-state index contributed by atoms with van der Waals surface area (Å²) >= 11 is 1.41. The first-order valence-electron chi connectivity index (χ1n) is 6.37. The topological polar surface area (TPSA) is 40.7 Å². The summed E-state index contributed by atoms with van der Waals surface area (Å²) in [6.45, 7) is 0.780. The van der Waals surface area contributed by atoms with Gasteiger partial charge in [-0.05, 0) is 31.2 Å². The lowest BCUT2D eigenvalue weighted by Crippen LogP contribution is -2.15. The van der Waals surface area contributed by atoms with E-state index in [1.807, 2.05) is 24.6 Å². The minimum atomic E-state index is -0.180. The zero-order valence-corrected chi connectivity index (χ0v) is 11.6. The molecule has 1 fully saturated rings. The fourth-order valence-electron chi connectivity index (χ4n) is 2.06. The molecule has 1 heterocycles. The molecule has 5 heteroatoms. The van der Waals surface area contributed by atoms with E-state index in [-0.39, 0.29) is 5.82 Å². The van der Waals surface area contributed by atoms with Gasteiger partial charge in [0.15, 0.2) is 0 Å². The van der Waals surface area contributed by atoms with Crippen LogP contribution in [0.3, 0.4) is 0 Å². The third-order valence-corrected chi connectivity index (χ3v) is 4.09. The van der Waals surface area contributed by atoms with Gasteiger partial charge in [-0.15, -0.1) is 11.8 Å². The summed E-state index contributed by atoms with van der Waals surface area (Å²) in [5.74, 6) is -0.180. The quantitative estimate of drug-likeness (QED) is 0.825. The first-order chi connectivity index (χ1) is 9.28. The van der Waals surface area contributed by atoms with E-state index in [2.05, 4.69) is 15.5 Å². The van der Waals surface area contributed by atoms with Gasteiger partial charge in [0.05, 0.1) is 11.9 Å². The van der Waals surface area contributed by atoms with Crippen molar-refractivity contribution in [2.24, 2.45) is 0 Å². The van der Waals surface area contributed by atoms with Gasteiger partial charge in [0.2, 0.25) is 0 Å². The number of hydrogen-bond donors (Lipinski definition) is 2. The van der Waals surface area contributed by atoms with E-state index in [0.717, 1.165) is 23.4 Å². The highest BCUT2D eigenvalue weighted by molar-refractivity contribution is 7.98. The molecule has 1 aliphatic carbocycles. The number of thioether (sulfide) groups is 1. The van der Waals surface area contributed by atoms with Crippen LogP contribution in [0.25, 0.3) is 11.3 Å². The molecule has 0 spiro atoms. The zero-order valence-electron chi connectivity index (χ0n) is 10.7. The lowest BCUT2D eigenvalue weighted by Gasteiger charge is -2.06. The Morgan fingerprint density at radius 3 is 3.00 bits per heavy atom. The minimum Gasteiger partial charge on any atom is -0.310 e. The number of nitrogens with zero attached hydrogens (tertiary/aromatic N) is 1. The molecule has 0 bridgehead atoms. The Morgan fingerprint density at radius 1 is 1.47 bits per heavy atom. The van der Waals surface area contributed by atoms with Gasteiger partial charge in [-0.3, -0.25) is 5.10 Å². The minimum absolute atomic E-state index is 0.180. The van der Waals surface area contributed by atoms with Crippen LogP contribution in [0, 0.1) is 5.82 Å². The molecular weight excluding hydrogens is 261 g/mol. The molecule has 3 nitrogen and oxygen atoms in total. The van der Waals surface area contributed by atoms with Crippen LogP contribution in [0.15, 0.2) is 29.3 Å². The predicted molar refractivity (Wildman–Crippen MR) is 75.6 cm³/mol. The summed E-state index contributed by atoms with van der Waals surface area (Å²) in [6.07, 6.45) is 6.19. The normalized spacial score (nSPS) is 14.8. The van der Waals surface area contributed by atoms with Crippen molar-refractivity contribution in [3.63, 3.8) is 0 Å². The van der Waals surface area contributed by atoms with Crippen molar-refractivity contribution in [3.8, 4) is 11.3 Å². The van der Waals surface area contributed by atoms with Crippen molar-refractivity contribution in [2.45, 2.75) is 30.3 Å². The molecule has 19 heavy (non-hydrogen) atoms. The fourth-order valence-corrected chi connectivity index (χ4v) is 2.52. The van der Waals surface area contributed by atoms with Crippen molar-refractivity contribution < 1.29 is 4.39 Å². The van der Waals surface area contributed by atoms with Gasteiger partial charge in [-0.2, -0.15) is 5.10 Å². The third-order valence-electron chi connectivity index (χ3n) is 3.32. The maximum Gasteiger partial charge on any atom is 0.137 e. The van der Waals surface area contributed by atoms with Crippen LogP contribution in [0.4, 0.5) is 4.39 Å². The fraction of sp³-hybridized carbons (Fsp3) is 0.357. The second kappa shape index (κ2) is 5.35. The van der Waals surface area contributed by atoms with Gasteiger partial charge in [0.1, 0.15) is 5.82 Å². The lowest BCUT2D eigenvalue weighted by atomic mass is 10.1. The van der Waals surface area contributed by atoms with Crippen LogP contribution in [0.5, 0.6) is 0 Å². The highest BCUT2D eigenvalue weighted by atomic mass is 32.2. The average molecular weight is 277 g/mol. The molecule has 3 rings (SSSR count). The largest absolute Gasteiger partial charge is 0.310 e. The molecule has 0 saturated heterocycles. The SMILES string of the molecule is CSc1ccc(-c2[nH]ncc2CNC2CC2)cc1F. The van der Waals surface area contributed by atoms with Crippen LogP contribution >= 0.6 is 11.8 Å². The van der Waals surface area contributed by atoms with E-state index in [0.29, 0.717) is 10.9 Å². The molecule has 0 atom stereocenters. The molecule has 0 unspecified atom stereocenters. The van der Waals surface area contributed by atoms with Crippen LogP contribution in [0.1, 0.15) is 18.4 Å². The number of rotatable bonds is 5. The average Bonchev–Trinajstić information content (AvgIpc) is 3.13. The number of benzene rings is 1. The molecule has 0 radical (unpaired) electrons. The van der Waals surface area contributed by atoms with Crippen molar-refractivity contribution in [3.05, 3.63) is 35.8 Å². The monoisotopic (exact) mass is 277 g/mol. The van der Waals surface area contributed by atoms with E-state index in [1.165, 1.54) is 24.6 Å². The molecule has 0 aliphatic heterocycles. The maximum atomic E-state index is 13.8. The van der Waals surface area contributed by atoms with Gasteiger partial charge in [0.25, 0.3) is 0 Å². The summed E-state index contributed by atoms with van der Waals surface area (Å²) in [5, 5.41) is 10.5. The molecule has 1 aliphatic rings. The Morgan fingerprint density at radius 2 is 2.32 bits per heavy atom. The molecule has 1 aromatic carbocycles. The van der Waals surface area contributed by atoms with Crippen molar-refractivity contribution in [2.75, 3.05) is 6.26 Å². The Labute approximate surface area is 116 Å². The van der Waals surface area contributed by atoms with E-state index in [4.69, 9.17) is 0 Å². The molecule has 2 aromatic rings. The standard InChI is InChI=1S/C14H16FN3S/c1-19-13-5-2-9(6-12(13)15)14-10(8-17-18-14)7-16-11-3-4-11/h2,5-6,8,11,16H,3-4,7H2,1H3,(H,17,18). The Hall–Kier alpha value is -1.33. The number of aromatic nitrogens is 2. The highest BCUT2D eigenvalue weighted by Gasteiger charge is 2.21. The predicted octanol–water partition coefficient (Wildman–Crippen LogP) is 3.19. The summed E-state index contributed by atoms with van der Waals surface area (Å²) in [4.78, 5) is 0.668. The summed E-state index contributed by atoms with van der Waals surface area (Å²) in [7, 11) is 0. The Balaban J connectivity index is 1.84. The van der Waals surface area contributed by atoms with Crippen LogP contribution < -0.4 is 5.32 Å². The summed E-state index contributed by atoms with van der Waals surface area (Å²) in [6, 6.07) is 5.97. The Kier molecular flexibility index (Phi) is 3.57. The third kappa shape index (κ3) is 2.82. The van der Waals surface area contributed by atoms with Gasteiger partial charge in [-0.25, -0.2) is 4.39 Å². The lowest BCUT2D eigenvalue weighted by molar-refractivity contribution is 0.602. The molecule has 1 saturated carbocycles. The summed E-state index contributed by atoms with van der Waals surface area (Å²) in [5.41, 5.74) is 2.84. The van der Waals surface area contributed by atoms with Gasteiger partial charge >= 0.3 is 0 Å². The van der Waals surface area contributed by atoms with Crippen LogP contribution in [-0.4, -0.2) is 22.5 Å². The number of halogens is 1. The summed E-state index contributed by atoms with van der Waals surface area (Å²) < 4.78 is 13.8. The smallest absolute Gasteiger partial charge is 0.137 e. The molecule has 100 valence electrons. The van der Waals surface area contributed by atoms with Crippen molar-refractivity contribution in [1.82, 2.24) is 15.5 Å². The number of aromatic amines is 1. The first kappa shape index (κ1) is 12.7. The van der Waals surface area contributed by atoms with Crippen molar-refractivity contribution in [1.29, 1.82) is 0 Å². The Bertz CT molecular complexity index is 578. The van der Waals surface area contributed by atoms with Crippen LogP contribution in [-0.2, 0) is 6.54 Å².